The van der Waals surface area contributed by atoms with Crippen molar-refractivity contribution in [2.24, 2.45) is 0 Å². The Bertz CT molecular complexity index is 1600. The van der Waals surface area contributed by atoms with E-state index in [1.54, 1.807) is 0 Å². The maximum absolute atomic E-state index is 6.45. The zero-order valence-electron chi connectivity index (χ0n) is 18.2. The van der Waals surface area contributed by atoms with Gasteiger partial charge in [0.05, 0.1) is 11.0 Å². The lowest BCUT2D eigenvalue weighted by Gasteiger charge is -2.26. The van der Waals surface area contributed by atoms with Gasteiger partial charge in [0.1, 0.15) is 0 Å². The van der Waals surface area contributed by atoms with Crippen molar-refractivity contribution in [1.82, 2.24) is 4.57 Å². The van der Waals surface area contributed by atoms with Crippen molar-refractivity contribution in [3.8, 4) is 5.69 Å². The van der Waals surface area contributed by atoms with E-state index in [9.17, 15) is 0 Å². The fourth-order valence-electron chi connectivity index (χ4n) is 4.65. The quantitative estimate of drug-likeness (QED) is 0.223. The van der Waals surface area contributed by atoms with Crippen molar-refractivity contribution in [2.45, 2.75) is 0 Å². The van der Waals surface area contributed by atoms with Crippen molar-refractivity contribution >= 4 is 66.4 Å². The Morgan fingerprint density at radius 1 is 0.559 bits per heavy atom. The third-order valence-electron chi connectivity index (χ3n) is 6.05. The Labute approximate surface area is 211 Å². The van der Waals surface area contributed by atoms with Crippen LogP contribution in [0.4, 0.5) is 17.1 Å². The molecular weight excluding hydrogens is 504 g/mol. The van der Waals surface area contributed by atoms with Gasteiger partial charge in [0.25, 0.3) is 0 Å². The molecule has 0 aliphatic carbocycles. The number of para-hydroxylation sites is 3. The monoisotopic (exact) mass is 522 g/mol. The number of hydrogen-bond acceptors (Lipinski definition) is 1. The van der Waals surface area contributed by atoms with E-state index in [1.165, 1.54) is 21.8 Å². The second-order valence-electron chi connectivity index (χ2n) is 8.19. The third kappa shape index (κ3) is 3.67. The van der Waals surface area contributed by atoms with Crippen molar-refractivity contribution in [3.63, 3.8) is 0 Å². The molecule has 6 aromatic rings. The molecule has 0 fully saturated rings. The Kier molecular flexibility index (Phi) is 5.37. The van der Waals surface area contributed by atoms with E-state index in [0.717, 1.165) is 27.2 Å². The zero-order chi connectivity index (χ0) is 23.1. The highest BCUT2D eigenvalue weighted by Gasteiger charge is 2.17. The van der Waals surface area contributed by atoms with Crippen LogP contribution in [0.5, 0.6) is 0 Å². The summed E-state index contributed by atoms with van der Waals surface area (Å²) in [5.74, 6) is 0. The summed E-state index contributed by atoms with van der Waals surface area (Å²) in [5.41, 5.74) is 6.66. The summed E-state index contributed by atoms with van der Waals surface area (Å²) in [6, 6.07) is 42.2. The Balaban J connectivity index is 1.63. The average molecular weight is 524 g/mol. The zero-order valence-corrected chi connectivity index (χ0v) is 20.5. The van der Waals surface area contributed by atoms with E-state index in [0.29, 0.717) is 5.02 Å². The summed E-state index contributed by atoms with van der Waals surface area (Å²) in [6.45, 7) is 0. The van der Waals surface area contributed by atoms with Crippen molar-refractivity contribution < 1.29 is 0 Å². The number of rotatable bonds is 4. The smallest absolute Gasteiger partial charge is 0.0542 e. The number of hydrogen-bond donors (Lipinski definition) is 0. The predicted molar refractivity (Wildman–Crippen MR) is 148 cm³/mol. The first-order chi connectivity index (χ1) is 16.7. The summed E-state index contributed by atoms with van der Waals surface area (Å²) >= 11 is 10.1. The van der Waals surface area contributed by atoms with Gasteiger partial charge in [-0.2, -0.15) is 0 Å². The fraction of sp³-hybridized carbons (Fsp3) is 0. The molecule has 0 spiro atoms. The summed E-state index contributed by atoms with van der Waals surface area (Å²) < 4.78 is 3.27. The molecule has 1 heterocycles. The minimum Gasteiger partial charge on any atom is -0.310 e. The van der Waals surface area contributed by atoms with Crippen molar-refractivity contribution in [1.29, 1.82) is 0 Å². The number of aromatic nitrogens is 1. The topological polar surface area (TPSA) is 8.17 Å². The summed E-state index contributed by atoms with van der Waals surface area (Å²) in [7, 11) is 0. The summed E-state index contributed by atoms with van der Waals surface area (Å²) in [6.07, 6.45) is 0. The molecule has 0 radical (unpaired) electrons. The van der Waals surface area contributed by atoms with Crippen molar-refractivity contribution in [3.05, 3.63) is 131 Å². The highest BCUT2D eigenvalue weighted by Crippen LogP contribution is 2.40. The minimum atomic E-state index is 0.687. The van der Waals surface area contributed by atoms with Gasteiger partial charge in [-0.15, -0.1) is 0 Å². The number of benzene rings is 5. The first kappa shape index (κ1) is 21.0. The first-order valence-electron chi connectivity index (χ1n) is 11.1. The number of nitrogens with zero attached hydrogens (tertiary/aromatic N) is 2. The van der Waals surface area contributed by atoms with Crippen LogP contribution < -0.4 is 4.90 Å². The molecule has 2 nitrogen and oxygen atoms in total. The molecule has 0 aliphatic heterocycles. The van der Waals surface area contributed by atoms with E-state index >= 15 is 0 Å². The van der Waals surface area contributed by atoms with E-state index in [-0.39, 0.29) is 0 Å². The molecule has 4 heteroatoms. The molecule has 0 atom stereocenters. The first-order valence-corrected chi connectivity index (χ1v) is 12.3. The number of anilines is 3. The van der Waals surface area contributed by atoms with Crippen LogP contribution in [0.25, 0.3) is 27.5 Å². The molecule has 0 saturated carbocycles. The molecule has 0 amide bonds. The van der Waals surface area contributed by atoms with Gasteiger partial charge in [-0.1, -0.05) is 82.1 Å². The van der Waals surface area contributed by atoms with E-state index in [2.05, 4.69) is 129 Å². The van der Waals surface area contributed by atoms with Crippen molar-refractivity contribution in [2.75, 3.05) is 4.90 Å². The van der Waals surface area contributed by atoms with Crippen LogP contribution in [-0.2, 0) is 0 Å². The SMILES string of the molecule is Clc1cc(Br)cc(N(c2ccccc2)c2ccc3c(c2)c2ccccc2n3-c2ccccc2)c1. The van der Waals surface area contributed by atoms with Crippen LogP contribution in [0.15, 0.2) is 126 Å². The van der Waals surface area contributed by atoms with Gasteiger partial charge in [0.15, 0.2) is 0 Å². The molecule has 6 rings (SSSR count). The lowest BCUT2D eigenvalue weighted by atomic mass is 10.1. The Morgan fingerprint density at radius 2 is 1.24 bits per heavy atom. The van der Waals surface area contributed by atoms with Crippen LogP contribution in [0.3, 0.4) is 0 Å². The molecule has 0 unspecified atom stereocenters. The van der Waals surface area contributed by atoms with Gasteiger partial charge in [-0.05, 0) is 66.7 Å². The molecule has 0 bridgehead atoms. The minimum absolute atomic E-state index is 0.687. The highest BCUT2D eigenvalue weighted by atomic mass is 79.9. The van der Waals surface area contributed by atoms with Crippen LogP contribution in [0.2, 0.25) is 5.02 Å². The van der Waals surface area contributed by atoms with E-state index in [1.807, 2.05) is 18.2 Å². The standard InChI is InChI=1S/C30H20BrClN2/c31-21-17-22(32)19-26(18-21)33(23-9-3-1-4-10-23)25-15-16-30-28(20-25)27-13-7-8-14-29(27)34(30)24-11-5-2-6-12-24/h1-20H. The van der Waals surface area contributed by atoms with Crippen LogP contribution in [0.1, 0.15) is 0 Å². The molecular formula is C30H20BrClN2. The highest BCUT2D eigenvalue weighted by molar-refractivity contribution is 9.10. The number of fused-ring (bicyclic) bond motifs is 3. The second-order valence-corrected chi connectivity index (χ2v) is 9.54. The van der Waals surface area contributed by atoms with Gasteiger partial charge in [-0.3, -0.25) is 0 Å². The Hall–Kier alpha value is -3.53. The maximum atomic E-state index is 6.45. The average Bonchev–Trinajstić information content (AvgIpc) is 3.19. The van der Waals surface area contributed by atoms with Gasteiger partial charge < -0.3 is 9.47 Å². The predicted octanol–water partition coefficient (Wildman–Crippen LogP) is 9.67. The largest absolute Gasteiger partial charge is 0.310 e. The summed E-state index contributed by atoms with van der Waals surface area (Å²) in [5, 5.41) is 3.12. The molecule has 0 saturated heterocycles. The molecule has 5 aromatic carbocycles. The Morgan fingerprint density at radius 3 is 2.00 bits per heavy atom. The molecule has 34 heavy (non-hydrogen) atoms. The van der Waals surface area contributed by atoms with Gasteiger partial charge in [0, 0.05) is 43.0 Å². The third-order valence-corrected chi connectivity index (χ3v) is 6.72. The summed E-state index contributed by atoms with van der Waals surface area (Å²) in [4.78, 5) is 2.24. The van der Waals surface area contributed by atoms with Gasteiger partial charge >= 0.3 is 0 Å². The van der Waals surface area contributed by atoms with Crippen LogP contribution >= 0.6 is 27.5 Å². The van der Waals surface area contributed by atoms with Crippen LogP contribution in [0, 0.1) is 0 Å². The molecule has 0 N–H and O–H groups in total. The number of halogens is 2. The lowest BCUT2D eigenvalue weighted by Crippen LogP contribution is -2.09. The second kappa shape index (κ2) is 8.68. The molecule has 164 valence electrons. The molecule has 0 aliphatic rings. The maximum Gasteiger partial charge on any atom is 0.0542 e. The lowest BCUT2D eigenvalue weighted by molar-refractivity contribution is 1.18. The molecule has 1 aromatic heterocycles. The van der Waals surface area contributed by atoms with E-state index < -0.39 is 0 Å². The van der Waals surface area contributed by atoms with Crippen LogP contribution in [-0.4, -0.2) is 4.57 Å². The normalized spacial score (nSPS) is 11.2. The van der Waals surface area contributed by atoms with Gasteiger partial charge in [0.2, 0.25) is 0 Å². The fourth-order valence-corrected chi connectivity index (χ4v) is 5.49. The van der Waals surface area contributed by atoms with Gasteiger partial charge in [-0.25, -0.2) is 0 Å². The van der Waals surface area contributed by atoms with E-state index in [4.69, 9.17) is 11.6 Å².